The minimum absolute atomic E-state index is 0.00129. The van der Waals surface area contributed by atoms with Crippen LogP contribution in [0.25, 0.3) is 22.3 Å². The maximum Gasteiger partial charge on any atom is 0.258 e. The quantitative estimate of drug-likeness (QED) is 0.294. The molecule has 4 heterocycles. The Morgan fingerprint density at radius 3 is 2.69 bits per heavy atom. The molecule has 9 heteroatoms. The molecule has 1 atom stereocenters. The molecule has 0 saturated carbocycles. The number of likely N-dealkylation sites (N-methyl/N-ethyl adjacent to an activating group) is 1. The van der Waals surface area contributed by atoms with E-state index in [2.05, 4.69) is 21.9 Å². The van der Waals surface area contributed by atoms with E-state index in [9.17, 15) is 4.79 Å². The summed E-state index contributed by atoms with van der Waals surface area (Å²) in [4.78, 5) is 23.8. The van der Waals surface area contributed by atoms with Gasteiger partial charge in [-0.3, -0.25) is 9.78 Å². The maximum absolute atomic E-state index is 13.3. The molecule has 1 aromatic carbocycles. The number of ketones is 1. The summed E-state index contributed by atoms with van der Waals surface area (Å²) in [5.74, 6) is 1.37. The van der Waals surface area contributed by atoms with Crippen LogP contribution in [0.15, 0.2) is 53.3 Å². The third-order valence-electron chi connectivity index (χ3n) is 6.11. The van der Waals surface area contributed by atoms with Gasteiger partial charge in [0.1, 0.15) is 17.6 Å². The van der Waals surface area contributed by atoms with E-state index in [0.717, 1.165) is 30.8 Å². The fraction of sp³-hybridized carbons (Fsp3) is 0.269. The average molecular weight is 512 g/mol. The largest absolute Gasteiger partial charge is 0.488 e. The van der Waals surface area contributed by atoms with Crippen molar-refractivity contribution in [2.24, 2.45) is 0 Å². The van der Waals surface area contributed by atoms with Crippen LogP contribution >= 0.6 is 23.2 Å². The molecule has 0 aliphatic carbocycles. The first kappa shape index (κ1) is 23.6. The number of rotatable bonds is 7. The first-order valence-corrected chi connectivity index (χ1v) is 11.9. The Kier molecular flexibility index (Phi) is 6.65. The Balaban J connectivity index is 1.54. The van der Waals surface area contributed by atoms with Crippen molar-refractivity contribution in [3.05, 3.63) is 70.1 Å². The fourth-order valence-corrected chi connectivity index (χ4v) is 4.81. The molecule has 180 valence electrons. The van der Waals surface area contributed by atoms with Gasteiger partial charge in [-0.05, 0) is 31.7 Å². The third kappa shape index (κ3) is 4.72. The lowest BCUT2D eigenvalue weighted by Gasteiger charge is -2.16. The second kappa shape index (κ2) is 9.85. The lowest BCUT2D eigenvalue weighted by atomic mass is 10.0. The van der Waals surface area contributed by atoms with E-state index in [1.807, 2.05) is 30.3 Å². The third-order valence-corrected chi connectivity index (χ3v) is 6.76. The van der Waals surface area contributed by atoms with Crippen molar-refractivity contribution >= 4 is 40.0 Å². The van der Waals surface area contributed by atoms with Crippen molar-refractivity contribution in [2.75, 3.05) is 27.2 Å². The first-order valence-electron chi connectivity index (χ1n) is 11.2. The fourth-order valence-electron chi connectivity index (χ4n) is 4.31. The van der Waals surface area contributed by atoms with Crippen LogP contribution < -0.4 is 9.47 Å². The molecular weight excluding hydrogens is 489 g/mol. The number of furan rings is 1. The summed E-state index contributed by atoms with van der Waals surface area (Å²) in [5, 5.41) is 1.26. The number of benzene rings is 1. The molecule has 0 amide bonds. The molecule has 1 unspecified atom stereocenters. The number of Topliss-reactive ketones (excluding diaryl/α,β-unsaturated/α-hetero) is 1. The van der Waals surface area contributed by atoms with Crippen molar-refractivity contribution in [1.82, 2.24) is 14.9 Å². The molecule has 5 rings (SSSR count). The summed E-state index contributed by atoms with van der Waals surface area (Å²) in [7, 11) is 3.59. The van der Waals surface area contributed by atoms with Gasteiger partial charge in [0.15, 0.2) is 11.4 Å². The number of pyridine rings is 2. The molecule has 1 saturated heterocycles. The van der Waals surface area contributed by atoms with Gasteiger partial charge in [-0.25, -0.2) is 4.98 Å². The van der Waals surface area contributed by atoms with E-state index in [-0.39, 0.29) is 18.3 Å². The Morgan fingerprint density at radius 1 is 1.20 bits per heavy atom. The number of halogens is 2. The summed E-state index contributed by atoms with van der Waals surface area (Å²) in [6, 6.07) is 9.54. The van der Waals surface area contributed by atoms with Gasteiger partial charge in [-0.1, -0.05) is 35.3 Å². The van der Waals surface area contributed by atoms with Gasteiger partial charge in [0.05, 0.1) is 22.7 Å². The van der Waals surface area contributed by atoms with Crippen molar-refractivity contribution in [3.8, 4) is 23.0 Å². The van der Waals surface area contributed by atoms with E-state index < -0.39 is 0 Å². The zero-order valence-corrected chi connectivity index (χ0v) is 20.8. The Bertz CT molecular complexity index is 1380. The van der Waals surface area contributed by atoms with Crippen LogP contribution in [0.1, 0.15) is 22.3 Å². The summed E-state index contributed by atoms with van der Waals surface area (Å²) in [5.41, 5.74) is 2.08. The number of likely N-dealkylation sites (tertiary alicyclic amines) is 1. The number of carbonyl (C=O) groups is 1. The zero-order valence-electron chi connectivity index (χ0n) is 19.3. The highest BCUT2D eigenvalue weighted by molar-refractivity contribution is 6.36. The Labute approximate surface area is 212 Å². The van der Waals surface area contributed by atoms with Gasteiger partial charge >= 0.3 is 0 Å². The molecule has 1 fully saturated rings. The molecule has 35 heavy (non-hydrogen) atoms. The van der Waals surface area contributed by atoms with Crippen molar-refractivity contribution < 1.29 is 18.7 Å². The summed E-state index contributed by atoms with van der Waals surface area (Å²) < 4.78 is 17.9. The highest BCUT2D eigenvalue weighted by Crippen LogP contribution is 2.39. The van der Waals surface area contributed by atoms with Crippen LogP contribution in [-0.2, 0) is 6.42 Å². The van der Waals surface area contributed by atoms with Gasteiger partial charge in [0.25, 0.3) is 5.88 Å². The molecule has 0 radical (unpaired) electrons. The van der Waals surface area contributed by atoms with Crippen LogP contribution in [0.5, 0.6) is 11.6 Å². The van der Waals surface area contributed by atoms with E-state index >= 15 is 0 Å². The molecule has 3 aromatic heterocycles. The number of hydrogen-bond donors (Lipinski definition) is 0. The number of fused-ring (bicyclic) bond motifs is 1. The number of nitrogens with zero attached hydrogens (tertiary/aromatic N) is 3. The predicted octanol–water partition coefficient (Wildman–Crippen LogP) is 5.71. The van der Waals surface area contributed by atoms with Crippen molar-refractivity contribution in [3.63, 3.8) is 0 Å². The number of carbonyl (C=O) groups excluding carboxylic acids is 1. The lowest BCUT2D eigenvalue weighted by Crippen LogP contribution is -2.21. The van der Waals surface area contributed by atoms with Gasteiger partial charge in [0, 0.05) is 54.6 Å². The SMILES string of the molecule is COc1ncc(C(=O)Cc2c(Cl)cncc2Cl)c2cc(-c3ccccc3OC3CCN(C)C3)oc12. The number of aromatic nitrogens is 2. The van der Waals surface area contributed by atoms with Crippen LogP contribution in [0.4, 0.5) is 0 Å². The van der Waals surface area contributed by atoms with Gasteiger partial charge in [0.2, 0.25) is 0 Å². The average Bonchev–Trinajstić information content (AvgIpc) is 3.47. The minimum Gasteiger partial charge on any atom is -0.488 e. The monoisotopic (exact) mass is 511 g/mol. The van der Waals surface area contributed by atoms with E-state index in [4.69, 9.17) is 37.1 Å². The number of ether oxygens (including phenoxy) is 2. The summed E-state index contributed by atoms with van der Waals surface area (Å²) in [6.07, 6.45) is 5.48. The number of hydrogen-bond acceptors (Lipinski definition) is 7. The number of methoxy groups -OCH3 is 1. The molecular formula is C26H23Cl2N3O4. The summed E-state index contributed by atoms with van der Waals surface area (Å²) in [6.45, 7) is 1.86. The minimum atomic E-state index is -0.203. The van der Waals surface area contributed by atoms with Gasteiger partial charge in [-0.15, -0.1) is 0 Å². The van der Waals surface area contributed by atoms with Gasteiger partial charge in [-0.2, -0.15) is 0 Å². The smallest absolute Gasteiger partial charge is 0.258 e. The molecule has 1 aliphatic rings. The molecule has 0 N–H and O–H groups in total. The molecule has 1 aliphatic heterocycles. The normalized spacial score (nSPS) is 16.1. The molecule has 0 bridgehead atoms. The Morgan fingerprint density at radius 2 is 1.97 bits per heavy atom. The van der Waals surface area contributed by atoms with Crippen LogP contribution in [-0.4, -0.2) is 54.0 Å². The van der Waals surface area contributed by atoms with Crippen molar-refractivity contribution in [1.29, 1.82) is 0 Å². The summed E-state index contributed by atoms with van der Waals surface area (Å²) >= 11 is 12.5. The highest BCUT2D eigenvalue weighted by atomic mass is 35.5. The van der Waals surface area contributed by atoms with Crippen molar-refractivity contribution in [2.45, 2.75) is 18.9 Å². The predicted molar refractivity (Wildman–Crippen MR) is 135 cm³/mol. The first-order chi connectivity index (χ1) is 16.9. The number of para-hydroxylation sites is 1. The lowest BCUT2D eigenvalue weighted by molar-refractivity contribution is 0.0994. The standard InChI is InChI=1S/C26H23Cl2N3O4/c1-31-8-7-15(14-31)34-23-6-4-3-5-16(23)24-10-17-19(11-30-26(33-2)25(17)35-24)22(32)9-18-20(27)12-29-13-21(18)28/h3-6,10-13,15H,7-9,14H2,1-2H3. The molecule has 4 aromatic rings. The Hall–Kier alpha value is -3.13. The van der Waals surface area contributed by atoms with E-state index in [1.54, 1.807) is 0 Å². The topological polar surface area (TPSA) is 77.7 Å². The second-order valence-corrected chi connectivity index (χ2v) is 9.32. The molecule has 7 nitrogen and oxygen atoms in total. The maximum atomic E-state index is 13.3. The van der Waals surface area contributed by atoms with E-state index in [0.29, 0.717) is 43.8 Å². The molecule has 0 spiro atoms. The van der Waals surface area contributed by atoms with Crippen LogP contribution in [0.3, 0.4) is 0 Å². The highest BCUT2D eigenvalue weighted by Gasteiger charge is 2.25. The van der Waals surface area contributed by atoms with Crippen LogP contribution in [0, 0.1) is 0 Å². The van der Waals surface area contributed by atoms with Gasteiger partial charge < -0.3 is 18.8 Å². The van der Waals surface area contributed by atoms with Crippen LogP contribution in [0.2, 0.25) is 10.0 Å². The zero-order chi connectivity index (χ0) is 24.5. The second-order valence-electron chi connectivity index (χ2n) is 8.50. The van der Waals surface area contributed by atoms with E-state index in [1.165, 1.54) is 25.7 Å².